The molecule has 23 heavy (non-hydrogen) atoms. The van der Waals surface area contributed by atoms with Crippen LogP contribution in [0.3, 0.4) is 0 Å². The van der Waals surface area contributed by atoms with Gasteiger partial charge in [0, 0.05) is 28.1 Å². The zero-order valence-corrected chi connectivity index (χ0v) is 14.3. The molecule has 0 unspecified atom stereocenters. The number of pyridine rings is 1. The van der Waals surface area contributed by atoms with E-state index in [0.29, 0.717) is 5.02 Å². The summed E-state index contributed by atoms with van der Waals surface area (Å²) in [6.45, 7) is 1.94. The van der Waals surface area contributed by atoms with Gasteiger partial charge in [0.05, 0.1) is 12.1 Å². The molecule has 2 N–H and O–H groups in total. The fourth-order valence-corrected chi connectivity index (χ4v) is 3.91. The van der Waals surface area contributed by atoms with E-state index in [1.54, 1.807) is 24.2 Å². The van der Waals surface area contributed by atoms with Crippen LogP contribution < -0.4 is 10.6 Å². The monoisotopic (exact) mass is 347 g/mol. The first-order valence-corrected chi connectivity index (χ1v) is 8.89. The van der Waals surface area contributed by atoms with Crippen LogP contribution >= 0.6 is 23.4 Å². The number of rotatable bonds is 3. The van der Waals surface area contributed by atoms with Gasteiger partial charge in [0.15, 0.2) is 0 Å². The molecule has 2 amide bonds. The molecule has 1 aliphatic rings. The smallest absolute Gasteiger partial charge is 0.315 e. The number of carbonyl (C=O) groups excluding carboxylic acids is 1. The lowest BCUT2D eigenvalue weighted by atomic mass is 10.0. The quantitative estimate of drug-likeness (QED) is 0.868. The van der Waals surface area contributed by atoms with E-state index in [9.17, 15) is 4.79 Å². The Hall–Kier alpha value is -1.72. The predicted octanol–water partition coefficient (Wildman–Crippen LogP) is 4.33. The van der Waals surface area contributed by atoms with E-state index in [4.69, 9.17) is 11.6 Å². The molecule has 2 heterocycles. The fraction of sp³-hybridized carbons (Fsp3) is 0.294. The molecular weight excluding hydrogens is 330 g/mol. The van der Waals surface area contributed by atoms with Crippen molar-refractivity contribution in [2.45, 2.75) is 30.3 Å². The second kappa shape index (κ2) is 7.23. The van der Waals surface area contributed by atoms with Crippen molar-refractivity contribution in [2.24, 2.45) is 0 Å². The SMILES string of the molecule is C[C@@H](NC(=O)N[C@H]1CCSc2ccc(Cl)cc21)c1cccnc1. The molecule has 0 aliphatic carbocycles. The standard InChI is InChI=1S/C17H18ClN3OS/c1-11(12-3-2-7-19-10-12)20-17(22)21-15-6-8-23-16-5-4-13(18)9-14(15)16/h2-5,7,9-11,15H,6,8H2,1H3,(H2,20,21,22)/t11-,15+/m1/s1. The first-order valence-electron chi connectivity index (χ1n) is 7.52. The van der Waals surface area contributed by atoms with Crippen molar-refractivity contribution >= 4 is 29.4 Å². The average molecular weight is 348 g/mol. The van der Waals surface area contributed by atoms with Gasteiger partial charge >= 0.3 is 6.03 Å². The van der Waals surface area contributed by atoms with Gasteiger partial charge < -0.3 is 10.6 Å². The number of nitrogens with zero attached hydrogens (tertiary/aromatic N) is 1. The molecule has 0 saturated heterocycles. The van der Waals surface area contributed by atoms with E-state index in [1.807, 2.05) is 37.3 Å². The van der Waals surface area contributed by atoms with E-state index in [-0.39, 0.29) is 18.1 Å². The molecule has 0 spiro atoms. The van der Waals surface area contributed by atoms with Gasteiger partial charge in [0.25, 0.3) is 0 Å². The predicted molar refractivity (Wildman–Crippen MR) is 93.9 cm³/mol. The molecule has 1 aromatic heterocycles. The van der Waals surface area contributed by atoms with Gasteiger partial charge in [0.2, 0.25) is 0 Å². The molecule has 2 aromatic rings. The highest BCUT2D eigenvalue weighted by molar-refractivity contribution is 7.99. The summed E-state index contributed by atoms with van der Waals surface area (Å²) in [4.78, 5) is 17.6. The molecule has 0 radical (unpaired) electrons. The number of thioether (sulfide) groups is 1. The third-order valence-corrected chi connectivity index (χ3v) is 5.21. The zero-order chi connectivity index (χ0) is 16.2. The largest absolute Gasteiger partial charge is 0.332 e. The van der Waals surface area contributed by atoms with Crippen molar-refractivity contribution in [3.05, 3.63) is 58.9 Å². The normalized spacial score (nSPS) is 17.9. The highest BCUT2D eigenvalue weighted by atomic mass is 35.5. The summed E-state index contributed by atoms with van der Waals surface area (Å²) in [6.07, 6.45) is 4.38. The highest BCUT2D eigenvalue weighted by Gasteiger charge is 2.23. The van der Waals surface area contributed by atoms with Gasteiger partial charge in [-0.1, -0.05) is 17.7 Å². The molecule has 0 saturated carbocycles. The van der Waals surface area contributed by atoms with Crippen LogP contribution in [0.5, 0.6) is 0 Å². The van der Waals surface area contributed by atoms with Gasteiger partial charge in [-0.05, 0) is 48.7 Å². The van der Waals surface area contributed by atoms with Crippen molar-refractivity contribution in [2.75, 3.05) is 5.75 Å². The van der Waals surface area contributed by atoms with Crippen LogP contribution in [0.25, 0.3) is 0 Å². The lowest BCUT2D eigenvalue weighted by Gasteiger charge is -2.27. The molecule has 120 valence electrons. The Morgan fingerprint density at radius 3 is 3.09 bits per heavy atom. The Balaban J connectivity index is 1.66. The van der Waals surface area contributed by atoms with Crippen molar-refractivity contribution in [3.63, 3.8) is 0 Å². The number of nitrogens with one attached hydrogen (secondary N) is 2. The summed E-state index contributed by atoms with van der Waals surface area (Å²) < 4.78 is 0. The van der Waals surface area contributed by atoms with E-state index < -0.39 is 0 Å². The summed E-state index contributed by atoms with van der Waals surface area (Å²) >= 11 is 7.90. The highest BCUT2D eigenvalue weighted by Crippen LogP contribution is 2.37. The molecule has 6 heteroatoms. The number of amides is 2. The second-order valence-corrected chi connectivity index (χ2v) is 7.07. The molecule has 2 atom stereocenters. The topological polar surface area (TPSA) is 54.0 Å². The number of halogens is 1. The number of hydrogen-bond acceptors (Lipinski definition) is 3. The maximum atomic E-state index is 12.3. The number of hydrogen-bond donors (Lipinski definition) is 2. The van der Waals surface area contributed by atoms with Crippen LogP contribution in [0.15, 0.2) is 47.6 Å². The fourth-order valence-electron chi connectivity index (χ4n) is 2.63. The number of urea groups is 1. The first kappa shape index (κ1) is 16.1. The third kappa shape index (κ3) is 3.98. The Morgan fingerprint density at radius 2 is 2.30 bits per heavy atom. The molecule has 4 nitrogen and oxygen atoms in total. The van der Waals surface area contributed by atoms with Gasteiger partial charge in [-0.15, -0.1) is 11.8 Å². The van der Waals surface area contributed by atoms with Gasteiger partial charge in [-0.25, -0.2) is 4.79 Å². The summed E-state index contributed by atoms with van der Waals surface area (Å²) in [5.74, 6) is 0.984. The summed E-state index contributed by atoms with van der Waals surface area (Å²) in [5, 5.41) is 6.72. The Kier molecular flexibility index (Phi) is 5.08. The van der Waals surface area contributed by atoms with E-state index in [0.717, 1.165) is 23.3 Å². The minimum atomic E-state index is -0.177. The maximum absolute atomic E-state index is 12.3. The van der Waals surface area contributed by atoms with Gasteiger partial charge in [-0.2, -0.15) is 0 Å². The molecule has 0 fully saturated rings. The molecule has 1 aromatic carbocycles. The van der Waals surface area contributed by atoms with Crippen LogP contribution in [0.2, 0.25) is 5.02 Å². The molecule has 3 rings (SSSR count). The van der Waals surface area contributed by atoms with Crippen molar-refractivity contribution in [1.29, 1.82) is 0 Å². The number of fused-ring (bicyclic) bond motifs is 1. The summed E-state index contributed by atoms with van der Waals surface area (Å²) in [6, 6.07) is 9.38. The summed E-state index contributed by atoms with van der Waals surface area (Å²) in [7, 11) is 0. The average Bonchev–Trinajstić information content (AvgIpc) is 2.56. The van der Waals surface area contributed by atoms with Gasteiger partial charge in [-0.3, -0.25) is 4.98 Å². The van der Waals surface area contributed by atoms with E-state index in [1.165, 1.54) is 4.90 Å². The van der Waals surface area contributed by atoms with Crippen LogP contribution in [0.4, 0.5) is 4.79 Å². The Labute approximate surface area is 145 Å². The Bertz CT molecular complexity index is 695. The van der Waals surface area contributed by atoms with Crippen molar-refractivity contribution in [1.82, 2.24) is 15.6 Å². The van der Waals surface area contributed by atoms with Crippen LogP contribution in [0, 0.1) is 0 Å². The molecule has 1 aliphatic heterocycles. The van der Waals surface area contributed by atoms with Crippen LogP contribution in [-0.4, -0.2) is 16.8 Å². The zero-order valence-electron chi connectivity index (χ0n) is 12.8. The van der Waals surface area contributed by atoms with E-state index >= 15 is 0 Å². The Morgan fingerprint density at radius 1 is 1.43 bits per heavy atom. The lowest BCUT2D eigenvalue weighted by molar-refractivity contribution is 0.233. The van der Waals surface area contributed by atoms with Crippen molar-refractivity contribution < 1.29 is 4.79 Å². The minimum Gasteiger partial charge on any atom is -0.332 e. The van der Waals surface area contributed by atoms with Crippen molar-refractivity contribution in [3.8, 4) is 0 Å². The molecule has 0 bridgehead atoms. The first-order chi connectivity index (χ1) is 11.1. The van der Waals surface area contributed by atoms with Crippen LogP contribution in [-0.2, 0) is 0 Å². The van der Waals surface area contributed by atoms with Gasteiger partial charge in [0.1, 0.15) is 0 Å². The number of carbonyl (C=O) groups is 1. The van der Waals surface area contributed by atoms with E-state index in [2.05, 4.69) is 15.6 Å². The second-order valence-electron chi connectivity index (χ2n) is 5.50. The van der Waals surface area contributed by atoms with Crippen LogP contribution in [0.1, 0.15) is 36.6 Å². The number of aromatic nitrogens is 1. The maximum Gasteiger partial charge on any atom is 0.315 e. The summed E-state index contributed by atoms with van der Waals surface area (Å²) in [5.41, 5.74) is 2.07. The number of benzene rings is 1. The minimum absolute atomic E-state index is 0.00829. The lowest BCUT2D eigenvalue weighted by Crippen LogP contribution is -2.40. The molecular formula is C17H18ClN3OS. The third-order valence-electron chi connectivity index (χ3n) is 3.85.